The van der Waals surface area contributed by atoms with Gasteiger partial charge in [0, 0.05) is 153 Å². The van der Waals surface area contributed by atoms with Crippen molar-refractivity contribution in [2.75, 3.05) is 70.1 Å². The lowest BCUT2D eigenvalue weighted by Crippen LogP contribution is -2.42. The molecule has 0 saturated heterocycles. The van der Waals surface area contributed by atoms with Crippen LogP contribution < -0.4 is 49.0 Å². The van der Waals surface area contributed by atoms with Gasteiger partial charge in [-0.2, -0.15) is 0 Å². The lowest BCUT2D eigenvalue weighted by Gasteiger charge is -2.33. The molecule has 0 aliphatic carbocycles. The van der Waals surface area contributed by atoms with Crippen molar-refractivity contribution >= 4 is 196 Å². The summed E-state index contributed by atoms with van der Waals surface area (Å²) in [6.45, 7) is 40.4. The van der Waals surface area contributed by atoms with E-state index in [1.807, 2.05) is 121 Å². The quantitative estimate of drug-likeness (QED) is 0.144. The Morgan fingerprint density at radius 1 is 0.230 bits per heavy atom. The van der Waals surface area contributed by atoms with Crippen LogP contribution in [-0.4, -0.2) is 119 Å². The molecule has 0 amide bonds. The lowest BCUT2D eigenvalue weighted by atomic mass is 10.1. The summed E-state index contributed by atoms with van der Waals surface area (Å²) >= 11 is 0. The van der Waals surface area contributed by atoms with Crippen molar-refractivity contribution in [3.63, 3.8) is 0 Å². The number of fused-ring (bicyclic) bond motifs is 20. The number of rotatable bonds is 7. The zero-order valence-electron chi connectivity index (χ0n) is 79.6. The number of aromatic nitrogens is 11. The molecule has 0 spiro atoms. The van der Waals surface area contributed by atoms with Crippen molar-refractivity contribution in [3.8, 4) is 0 Å². The van der Waals surface area contributed by atoms with Crippen molar-refractivity contribution in [1.29, 1.82) is 0 Å². The highest BCUT2D eigenvalue weighted by atomic mass is 16.4. The third-order valence-corrected chi connectivity index (χ3v) is 27.3. The molecule has 5 aliphatic heterocycles. The van der Waals surface area contributed by atoms with Gasteiger partial charge in [0.2, 0.25) is 28.6 Å². The van der Waals surface area contributed by atoms with E-state index in [2.05, 4.69) is 320 Å². The number of pyridine rings is 9. The largest absolute Gasteiger partial charge is 0.435 e. The minimum Gasteiger partial charge on any atom is -0.435 e. The van der Waals surface area contributed by atoms with Crippen molar-refractivity contribution in [1.82, 2.24) is 54.8 Å². The van der Waals surface area contributed by atoms with Gasteiger partial charge in [-0.15, -0.1) is 0 Å². The summed E-state index contributed by atoms with van der Waals surface area (Å²) < 4.78 is 31.4. The van der Waals surface area contributed by atoms with Gasteiger partial charge in [0.05, 0.1) is 51.2 Å². The third-order valence-electron chi connectivity index (χ3n) is 27.3. The van der Waals surface area contributed by atoms with Gasteiger partial charge in [-0.3, -0.25) is 4.90 Å². The Hall–Kier alpha value is -15.5. The van der Waals surface area contributed by atoms with E-state index in [0.717, 1.165) is 213 Å². The van der Waals surface area contributed by atoms with E-state index in [1.165, 1.54) is 11.1 Å². The number of anilines is 15. The number of aryl methyl sites for hydroxylation is 10. The van der Waals surface area contributed by atoms with E-state index in [1.54, 1.807) is 12.4 Å². The molecular formula is C113H127N21O5. The predicted octanol–water partition coefficient (Wildman–Crippen LogP) is 28.8. The predicted molar refractivity (Wildman–Crippen MR) is 576 cm³/mol. The first-order chi connectivity index (χ1) is 64.6. The summed E-state index contributed by atoms with van der Waals surface area (Å²) in [7, 11) is 6.22. The first-order valence-corrected chi connectivity index (χ1v) is 45.9. The Labute approximate surface area is 813 Å². The van der Waals surface area contributed by atoms with E-state index in [0.29, 0.717) is 40.7 Å². The molecule has 26 heteroatoms. The smallest absolute Gasteiger partial charge is 0.227 e. The van der Waals surface area contributed by atoms with Gasteiger partial charge in [0.25, 0.3) is 0 Å². The fraction of sp³-hybridized carbons (Fsp3) is 0.301. The molecule has 0 fully saturated rings. The number of hydrogen-bond donors (Lipinski definition) is 0. The highest BCUT2D eigenvalue weighted by molar-refractivity contribution is 6.15. The monoisotopic (exact) mass is 1860 g/mol. The van der Waals surface area contributed by atoms with Gasteiger partial charge in [0.1, 0.15) is 30.8 Å². The van der Waals surface area contributed by atoms with Crippen LogP contribution in [0.25, 0.3) is 110 Å². The SMILES string of the molecule is C.C.C.C.C.Cc1ccc2c(n1)oc1c(N3c4cccnc4N(C(C)C)C3C)c(C)ccc12.Cc1ccc2c(n1)oc1c(N3c4cccnc4N(C)C3C)c(C)ccc12.Cc1ccc2c(n1)oc1c(N3c4ncccc4N(C(C)C)C3C)c(C)ccc12.Cc1ccc2c(n1)oc1c(N3c4ncccc4N(C)C3C)c(C)ccc12.Cc1ccc2c(n1)oc1c(N3c4nccnc4N(C)C3C)c(C)ccc12. The van der Waals surface area contributed by atoms with E-state index in [9.17, 15) is 0 Å². The molecular weight excluding hydrogens is 1730 g/mol. The molecule has 20 aromatic rings. The van der Waals surface area contributed by atoms with Crippen molar-refractivity contribution in [2.45, 2.75) is 212 Å². The molecule has 5 aromatic carbocycles. The first-order valence-electron chi connectivity index (χ1n) is 45.9. The van der Waals surface area contributed by atoms with E-state index >= 15 is 0 Å². The zero-order valence-corrected chi connectivity index (χ0v) is 79.6. The molecule has 0 N–H and O–H groups in total. The summed E-state index contributed by atoms with van der Waals surface area (Å²) in [5.41, 5.74) is 28.2. The van der Waals surface area contributed by atoms with Gasteiger partial charge in [-0.05, 0) is 269 Å². The molecule has 139 heavy (non-hydrogen) atoms. The molecule has 0 saturated carbocycles. The average molecular weight is 1860 g/mol. The average Bonchev–Trinajstić information content (AvgIpc) is 1.57. The first kappa shape index (κ1) is 96.6. The van der Waals surface area contributed by atoms with Crippen LogP contribution in [-0.2, 0) is 0 Å². The Bertz CT molecular complexity index is 7460. The normalized spacial score (nSPS) is 16.0. The summed E-state index contributed by atoms with van der Waals surface area (Å²) in [4.78, 5) is 73.5. The second-order valence-electron chi connectivity index (χ2n) is 36.5. The zero-order chi connectivity index (χ0) is 93.2. The molecule has 714 valence electrons. The van der Waals surface area contributed by atoms with Crippen molar-refractivity contribution < 1.29 is 22.1 Å². The van der Waals surface area contributed by atoms with Gasteiger partial charge in [0.15, 0.2) is 62.8 Å². The lowest BCUT2D eigenvalue weighted by molar-refractivity contribution is 0.597. The Morgan fingerprint density at radius 2 is 0.475 bits per heavy atom. The second-order valence-corrected chi connectivity index (χ2v) is 36.5. The number of benzene rings is 5. The molecule has 15 aromatic heterocycles. The Kier molecular flexibility index (Phi) is 25.9. The van der Waals surface area contributed by atoms with Crippen LogP contribution in [0.3, 0.4) is 0 Å². The highest BCUT2D eigenvalue weighted by Gasteiger charge is 2.44. The molecule has 25 rings (SSSR count). The van der Waals surface area contributed by atoms with Gasteiger partial charge in [-0.1, -0.05) is 97.8 Å². The molecule has 5 aliphatic rings. The fourth-order valence-electron chi connectivity index (χ4n) is 20.5. The molecule has 0 bridgehead atoms. The molecule has 26 nitrogen and oxygen atoms in total. The van der Waals surface area contributed by atoms with E-state index in [-0.39, 0.29) is 68.0 Å². The summed E-state index contributed by atoms with van der Waals surface area (Å²) in [5.74, 6) is 5.67. The Balaban J connectivity index is 0.000000124. The maximum absolute atomic E-state index is 6.33. The van der Waals surface area contributed by atoms with Crippen molar-refractivity contribution in [3.05, 3.63) is 263 Å². The maximum Gasteiger partial charge on any atom is 0.227 e. The van der Waals surface area contributed by atoms with Crippen molar-refractivity contribution in [2.24, 2.45) is 0 Å². The van der Waals surface area contributed by atoms with Crippen LogP contribution in [0.4, 0.5) is 86.1 Å². The van der Waals surface area contributed by atoms with Gasteiger partial charge in [-0.25, -0.2) is 54.8 Å². The Morgan fingerprint density at radius 3 is 0.835 bits per heavy atom. The second kappa shape index (κ2) is 37.2. The minimum atomic E-state index is 0. The topological polar surface area (TPSA) is 240 Å². The molecule has 20 heterocycles. The maximum atomic E-state index is 6.33. The van der Waals surface area contributed by atoms with E-state index < -0.39 is 0 Å². The number of nitrogens with zero attached hydrogens (tertiary/aromatic N) is 21. The summed E-state index contributed by atoms with van der Waals surface area (Å²) in [6, 6.07) is 59.2. The highest BCUT2D eigenvalue weighted by Crippen LogP contribution is 2.55. The van der Waals surface area contributed by atoms with E-state index in [4.69, 9.17) is 32.1 Å². The minimum absolute atomic E-state index is 0. The van der Waals surface area contributed by atoms with Gasteiger partial charge >= 0.3 is 0 Å². The van der Waals surface area contributed by atoms with Crippen LogP contribution in [0.5, 0.6) is 0 Å². The van der Waals surface area contributed by atoms with Crippen LogP contribution in [0.15, 0.2) is 229 Å². The van der Waals surface area contributed by atoms with Crippen LogP contribution in [0.1, 0.15) is 156 Å². The molecule has 5 atom stereocenters. The van der Waals surface area contributed by atoms with Gasteiger partial charge < -0.3 is 66.2 Å². The standard InChI is InChI=1S/2C23H24N4O.2C21H20N4O.C20H19N5O.5CH4/c1-13(2)26-16(5)27(19-7-6-12-24-22(19)26)20-14(3)8-10-17-18-11-9-15(4)25-23(18)28-21(17)20;1-13(2)26-16(5)27(22-19(26)7-6-12-24-22)20-14(3)8-10-17-18-11-9-15(4)25-23(18)28-21(17)20;1-12-7-9-15-16-10-8-13(2)23-21(16)26-19(15)18(12)25-14(3)24(4)20-17(25)6-5-11-22-20;1-12-7-9-15-16-10-8-13(2)23-21(16)26-19(15)18(12)25-14(3)24(4)17-6-5-11-22-20(17)25;1-11-5-7-14-15-8-6-12(2)23-20(15)26-17(14)16(11)25-13(3)24(4)18-19(25)22-10-9-21-18;;;;;/h2*6-13,16H,1-5H3;2*5-11,14H,1-4H3;5-10,13H,1-4H3;5*1H4. The fourth-order valence-corrected chi connectivity index (χ4v) is 20.5. The van der Waals surface area contributed by atoms with Crippen LogP contribution in [0.2, 0.25) is 0 Å². The third kappa shape index (κ3) is 15.6. The molecule has 5 unspecified atom stereocenters. The number of furan rings is 5. The van der Waals surface area contributed by atoms with Crippen LogP contribution >= 0.6 is 0 Å². The summed E-state index contributed by atoms with van der Waals surface area (Å²) in [6.07, 6.45) is 11.5. The molecule has 0 radical (unpaired) electrons. The van der Waals surface area contributed by atoms with Crippen LogP contribution in [0, 0.1) is 69.2 Å². The summed E-state index contributed by atoms with van der Waals surface area (Å²) in [5, 5.41) is 10.7. The number of hydrogen-bond acceptors (Lipinski definition) is 26.